The van der Waals surface area contributed by atoms with Crippen LogP contribution in [-0.2, 0) is 0 Å². The molecule has 6 aromatic carbocycles. The maximum absolute atomic E-state index is 6.87. The summed E-state index contributed by atoms with van der Waals surface area (Å²) in [5.74, 6) is 0. The second-order valence-electron chi connectivity index (χ2n) is 9.53. The van der Waals surface area contributed by atoms with Crippen molar-refractivity contribution in [3.05, 3.63) is 126 Å². The number of hydrogen-bond acceptors (Lipinski definition) is 2. The van der Waals surface area contributed by atoms with E-state index in [1.165, 1.54) is 43.3 Å². The number of hydrogen-bond donors (Lipinski definition) is 1. The number of aryl methyl sites for hydroxylation is 1. The van der Waals surface area contributed by atoms with E-state index in [0.29, 0.717) is 0 Å². The van der Waals surface area contributed by atoms with Gasteiger partial charge in [0.05, 0.1) is 5.69 Å². The minimum atomic E-state index is 0.754. The van der Waals surface area contributed by atoms with Gasteiger partial charge in [0.25, 0.3) is 0 Å². The van der Waals surface area contributed by atoms with Crippen molar-refractivity contribution in [3.63, 3.8) is 0 Å². The van der Waals surface area contributed by atoms with E-state index >= 15 is 0 Å². The fraction of sp³-hybridized carbons (Fsp3) is 0.0294. The van der Waals surface area contributed by atoms with E-state index in [1.54, 1.807) is 0 Å². The third kappa shape index (κ3) is 3.15. The molecule has 2 heteroatoms. The van der Waals surface area contributed by atoms with Gasteiger partial charge >= 0.3 is 0 Å². The molecule has 0 spiro atoms. The Labute approximate surface area is 209 Å². The van der Waals surface area contributed by atoms with Gasteiger partial charge in [0.1, 0.15) is 0 Å². The van der Waals surface area contributed by atoms with Crippen LogP contribution >= 0.6 is 0 Å². The molecule has 170 valence electrons. The molecule has 2 N–H and O–H groups in total. The van der Waals surface area contributed by atoms with Crippen LogP contribution < -0.4 is 5.73 Å². The van der Waals surface area contributed by atoms with E-state index < -0.39 is 0 Å². The van der Waals surface area contributed by atoms with Gasteiger partial charge in [0.15, 0.2) is 0 Å². The van der Waals surface area contributed by atoms with E-state index in [-0.39, 0.29) is 0 Å². The first-order chi connectivity index (χ1) is 17.7. The summed E-state index contributed by atoms with van der Waals surface area (Å²) in [5, 5.41) is 9.68. The number of rotatable bonds is 3. The molecular formula is C34H24N2. The van der Waals surface area contributed by atoms with Crippen LogP contribution in [0, 0.1) is 6.92 Å². The molecule has 0 amide bonds. The highest BCUT2D eigenvalue weighted by Gasteiger charge is 2.17. The maximum Gasteiger partial charge on any atom is 0.0714 e. The molecule has 0 radical (unpaired) electrons. The summed E-state index contributed by atoms with van der Waals surface area (Å²) in [6.07, 6.45) is 4.06. The summed E-state index contributed by atoms with van der Waals surface area (Å²) >= 11 is 0. The standard InChI is InChI=1S/C34H24N2/c1-21-7-2-3-8-24(21)17-31(35)29-19-30(32-18-25-9-4-5-10-26(25)20-36-32)28-16-14-23-12-6-11-22-13-15-27(29)34(28)33(22)23/h2-20H,35H2,1H3/b31-17-. The first-order valence-electron chi connectivity index (χ1n) is 12.3. The Morgan fingerprint density at radius 2 is 1.36 bits per heavy atom. The predicted octanol–water partition coefficient (Wildman–Crippen LogP) is 8.56. The topological polar surface area (TPSA) is 38.9 Å². The number of benzene rings is 6. The first-order valence-corrected chi connectivity index (χ1v) is 12.3. The fourth-order valence-electron chi connectivity index (χ4n) is 5.51. The van der Waals surface area contributed by atoms with Crippen LogP contribution in [0.4, 0.5) is 0 Å². The maximum atomic E-state index is 6.87. The lowest BCUT2D eigenvalue weighted by molar-refractivity contribution is 1.36. The molecule has 36 heavy (non-hydrogen) atoms. The van der Waals surface area contributed by atoms with Crippen LogP contribution in [0.3, 0.4) is 0 Å². The van der Waals surface area contributed by atoms with E-state index in [4.69, 9.17) is 10.7 Å². The van der Waals surface area contributed by atoms with Crippen LogP contribution in [-0.4, -0.2) is 4.98 Å². The third-order valence-electron chi connectivity index (χ3n) is 7.36. The highest BCUT2D eigenvalue weighted by Crippen LogP contribution is 2.42. The van der Waals surface area contributed by atoms with E-state index in [0.717, 1.165) is 33.5 Å². The second-order valence-corrected chi connectivity index (χ2v) is 9.53. The van der Waals surface area contributed by atoms with Gasteiger partial charge in [-0.2, -0.15) is 0 Å². The zero-order valence-electron chi connectivity index (χ0n) is 20.0. The molecule has 7 rings (SSSR count). The zero-order chi connectivity index (χ0) is 24.2. The van der Waals surface area contributed by atoms with Crippen molar-refractivity contribution in [3.8, 4) is 11.3 Å². The van der Waals surface area contributed by atoms with Crippen LogP contribution in [0.25, 0.3) is 66.1 Å². The second kappa shape index (κ2) is 7.93. The molecule has 2 nitrogen and oxygen atoms in total. The minimum Gasteiger partial charge on any atom is -0.398 e. The zero-order valence-corrected chi connectivity index (χ0v) is 20.0. The summed E-state index contributed by atoms with van der Waals surface area (Å²) in [6.45, 7) is 2.12. The molecule has 0 aliphatic rings. The minimum absolute atomic E-state index is 0.754. The molecule has 1 aromatic heterocycles. The average Bonchev–Trinajstić information content (AvgIpc) is 2.92. The van der Waals surface area contributed by atoms with Crippen molar-refractivity contribution in [2.45, 2.75) is 6.92 Å². The average molecular weight is 461 g/mol. The van der Waals surface area contributed by atoms with Gasteiger partial charge in [0.2, 0.25) is 0 Å². The fourth-order valence-corrected chi connectivity index (χ4v) is 5.51. The van der Waals surface area contributed by atoms with Gasteiger partial charge in [-0.3, -0.25) is 4.98 Å². The number of pyridine rings is 1. The van der Waals surface area contributed by atoms with Gasteiger partial charge in [-0.15, -0.1) is 0 Å². The van der Waals surface area contributed by atoms with Crippen molar-refractivity contribution in [1.82, 2.24) is 4.98 Å². The Morgan fingerprint density at radius 1 is 0.667 bits per heavy atom. The lowest BCUT2D eigenvalue weighted by Gasteiger charge is -2.18. The quantitative estimate of drug-likeness (QED) is 0.212. The Balaban J connectivity index is 1.59. The van der Waals surface area contributed by atoms with Crippen LogP contribution in [0.2, 0.25) is 0 Å². The summed E-state index contributed by atoms with van der Waals surface area (Å²) in [7, 11) is 0. The third-order valence-corrected chi connectivity index (χ3v) is 7.36. The smallest absolute Gasteiger partial charge is 0.0714 e. The molecule has 0 atom stereocenters. The van der Waals surface area contributed by atoms with Gasteiger partial charge < -0.3 is 5.73 Å². The van der Waals surface area contributed by atoms with Crippen molar-refractivity contribution in [2.75, 3.05) is 0 Å². The summed E-state index contributed by atoms with van der Waals surface area (Å²) in [4.78, 5) is 4.90. The van der Waals surface area contributed by atoms with Crippen molar-refractivity contribution < 1.29 is 0 Å². The monoisotopic (exact) mass is 460 g/mol. The van der Waals surface area contributed by atoms with E-state index in [9.17, 15) is 0 Å². The largest absolute Gasteiger partial charge is 0.398 e. The normalized spacial score (nSPS) is 12.3. The summed E-state index contributed by atoms with van der Waals surface area (Å²) in [6, 6.07) is 36.5. The van der Waals surface area contributed by atoms with Crippen LogP contribution in [0.5, 0.6) is 0 Å². The molecule has 0 aliphatic carbocycles. The van der Waals surface area contributed by atoms with Crippen LogP contribution in [0.15, 0.2) is 109 Å². The molecule has 0 unspecified atom stereocenters. The molecular weight excluding hydrogens is 436 g/mol. The van der Waals surface area contributed by atoms with E-state index in [2.05, 4.69) is 116 Å². The highest BCUT2D eigenvalue weighted by molar-refractivity contribution is 6.27. The molecule has 1 heterocycles. The predicted molar refractivity (Wildman–Crippen MR) is 154 cm³/mol. The highest BCUT2D eigenvalue weighted by atomic mass is 14.7. The molecule has 0 saturated carbocycles. The van der Waals surface area contributed by atoms with Gasteiger partial charge in [0, 0.05) is 28.4 Å². The number of nitrogens with zero attached hydrogens (tertiary/aromatic N) is 1. The van der Waals surface area contributed by atoms with E-state index in [1.807, 2.05) is 6.20 Å². The van der Waals surface area contributed by atoms with Gasteiger partial charge in [-0.1, -0.05) is 91.0 Å². The molecule has 0 saturated heterocycles. The van der Waals surface area contributed by atoms with Crippen LogP contribution in [0.1, 0.15) is 16.7 Å². The first kappa shape index (κ1) is 20.7. The molecule has 0 aliphatic heterocycles. The van der Waals surface area contributed by atoms with Crippen molar-refractivity contribution in [1.29, 1.82) is 0 Å². The lowest BCUT2D eigenvalue weighted by Crippen LogP contribution is -2.00. The summed E-state index contributed by atoms with van der Waals surface area (Å²) in [5.41, 5.74) is 13.1. The Hall–Kier alpha value is -4.69. The van der Waals surface area contributed by atoms with Gasteiger partial charge in [-0.05, 0) is 74.0 Å². The lowest BCUT2D eigenvalue weighted by atomic mass is 9.87. The molecule has 0 bridgehead atoms. The Kier molecular flexibility index (Phi) is 4.55. The number of aromatic nitrogens is 1. The number of fused-ring (bicyclic) bond motifs is 1. The Bertz CT molecular complexity index is 1950. The SMILES string of the molecule is Cc1ccccc1/C=C(\N)c1cc(-c2cc3ccccc3cn2)c2ccc3cccc4ccc1c2c43. The number of nitrogens with two attached hydrogens (primary N) is 1. The van der Waals surface area contributed by atoms with Crippen molar-refractivity contribution >= 4 is 54.9 Å². The van der Waals surface area contributed by atoms with Crippen molar-refractivity contribution in [2.24, 2.45) is 5.73 Å². The molecule has 7 aromatic rings. The van der Waals surface area contributed by atoms with Gasteiger partial charge in [-0.25, -0.2) is 0 Å². The Morgan fingerprint density at radius 3 is 2.17 bits per heavy atom. The summed E-state index contributed by atoms with van der Waals surface area (Å²) < 4.78 is 0. The molecule has 0 fully saturated rings.